The lowest BCUT2D eigenvalue weighted by molar-refractivity contribution is -0.282. The van der Waals surface area contributed by atoms with Gasteiger partial charge in [0.2, 0.25) is 0 Å². The molecule has 0 radical (unpaired) electrons. The molecule has 102 valence electrons. The highest BCUT2D eigenvalue weighted by Crippen LogP contribution is 2.23. The number of hydrogen-bond donors (Lipinski definition) is 4. The summed E-state index contributed by atoms with van der Waals surface area (Å²) in [5, 5.41) is 37.8. The molecule has 0 aliphatic carbocycles. The number of aliphatic hydroxyl groups excluding tert-OH is 4. The fourth-order valence-electron chi connectivity index (χ4n) is 2.12. The summed E-state index contributed by atoms with van der Waals surface area (Å²) in [6, 6.07) is 0. The first kappa shape index (κ1) is 14.9. The van der Waals surface area contributed by atoms with E-state index in [1.165, 1.54) is 12.8 Å². The van der Waals surface area contributed by atoms with E-state index in [-0.39, 0.29) is 0 Å². The standard InChI is InChI=1S/C12H24O5/c1-2-3-4-5-6-7-8-9(13)10(14)11(15)12(16)17-8/h8-16H,2-7H2,1H3/t8-,9+,10+,11-,12-/m0/s1. The highest BCUT2D eigenvalue weighted by Gasteiger charge is 2.42. The lowest BCUT2D eigenvalue weighted by Crippen LogP contribution is -2.57. The zero-order valence-electron chi connectivity index (χ0n) is 10.3. The van der Waals surface area contributed by atoms with E-state index < -0.39 is 30.7 Å². The number of unbranched alkanes of at least 4 members (excludes halogenated alkanes) is 4. The maximum Gasteiger partial charge on any atom is 0.183 e. The number of aliphatic hydroxyl groups is 4. The van der Waals surface area contributed by atoms with Gasteiger partial charge >= 0.3 is 0 Å². The Morgan fingerprint density at radius 2 is 1.47 bits per heavy atom. The molecule has 1 rings (SSSR count). The van der Waals surface area contributed by atoms with E-state index in [1.807, 2.05) is 0 Å². The molecule has 1 fully saturated rings. The van der Waals surface area contributed by atoms with Crippen molar-refractivity contribution in [1.29, 1.82) is 0 Å². The van der Waals surface area contributed by atoms with E-state index in [1.54, 1.807) is 0 Å². The second-order valence-corrected chi connectivity index (χ2v) is 4.74. The molecule has 5 heteroatoms. The maximum atomic E-state index is 9.68. The molecule has 0 bridgehead atoms. The minimum absolute atomic E-state index is 0.589. The van der Waals surface area contributed by atoms with Crippen LogP contribution in [-0.4, -0.2) is 51.1 Å². The third kappa shape index (κ3) is 4.19. The molecule has 0 amide bonds. The minimum atomic E-state index is -1.43. The van der Waals surface area contributed by atoms with E-state index in [2.05, 4.69) is 6.92 Å². The van der Waals surface area contributed by atoms with Crippen LogP contribution in [0.1, 0.15) is 45.4 Å². The van der Waals surface area contributed by atoms with Crippen LogP contribution in [0, 0.1) is 0 Å². The molecular formula is C12H24O5. The number of ether oxygens (including phenoxy) is 1. The SMILES string of the molecule is CCCCCCC[C@@H]1O[C@H](O)[C@@H](O)[C@H](O)[C@@H]1O. The van der Waals surface area contributed by atoms with E-state index in [9.17, 15) is 20.4 Å². The highest BCUT2D eigenvalue weighted by atomic mass is 16.6. The van der Waals surface area contributed by atoms with E-state index in [0.717, 1.165) is 19.3 Å². The molecule has 0 saturated carbocycles. The molecule has 0 aromatic rings. The molecular weight excluding hydrogens is 224 g/mol. The zero-order valence-corrected chi connectivity index (χ0v) is 10.3. The monoisotopic (exact) mass is 248 g/mol. The average Bonchev–Trinajstić information content (AvgIpc) is 2.32. The second kappa shape index (κ2) is 7.28. The largest absolute Gasteiger partial charge is 0.388 e. The molecule has 1 aliphatic rings. The molecule has 17 heavy (non-hydrogen) atoms. The number of rotatable bonds is 6. The summed E-state index contributed by atoms with van der Waals surface area (Å²) in [6.07, 6.45) is 0.148. The topological polar surface area (TPSA) is 90.2 Å². The van der Waals surface area contributed by atoms with Gasteiger partial charge in [0, 0.05) is 0 Å². The molecule has 5 nitrogen and oxygen atoms in total. The Kier molecular flexibility index (Phi) is 6.37. The first-order chi connectivity index (χ1) is 8.07. The molecule has 5 atom stereocenters. The quantitative estimate of drug-likeness (QED) is 0.502. The molecule has 0 aromatic heterocycles. The van der Waals surface area contributed by atoms with Gasteiger partial charge in [-0.3, -0.25) is 0 Å². The van der Waals surface area contributed by atoms with Crippen molar-refractivity contribution in [3.63, 3.8) is 0 Å². The average molecular weight is 248 g/mol. The van der Waals surface area contributed by atoms with Gasteiger partial charge < -0.3 is 25.2 Å². The summed E-state index contributed by atoms with van der Waals surface area (Å²) in [4.78, 5) is 0. The Bertz CT molecular complexity index is 211. The summed E-state index contributed by atoms with van der Waals surface area (Å²) < 4.78 is 5.08. The Labute approximate surface area is 102 Å². The molecule has 1 heterocycles. The first-order valence-corrected chi connectivity index (χ1v) is 6.45. The van der Waals surface area contributed by atoms with Crippen molar-refractivity contribution < 1.29 is 25.2 Å². The second-order valence-electron chi connectivity index (χ2n) is 4.74. The van der Waals surface area contributed by atoms with Gasteiger partial charge in [-0.15, -0.1) is 0 Å². The minimum Gasteiger partial charge on any atom is -0.388 e. The van der Waals surface area contributed by atoms with Crippen molar-refractivity contribution in [3.8, 4) is 0 Å². The van der Waals surface area contributed by atoms with Crippen molar-refractivity contribution in [3.05, 3.63) is 0 Å². The van der Waals surface area contributed by atoms with Gasteiger partial charge in [0.25, 0.3) is 0 Å². The van der Waals surface area contributed by atoms with Crippen LogP contribution >= 0.6 is 0 Å². The molecule has 4 N–H and O–H groups in total. The van der Waals surface area contributed by atoms with Crippen molar-refractivity contribution in [2.45, 2.75) is 76.2 Å². The van der Waals surface area contributed by atoms with Gasteiger partial charge in [-0.1, -0.05) is 39.0 Å². The van der Waals surface area contributed by atoms with Crippen molar-refractivity contribution in [2.75, 3.05) is 0 Å². The van der Waals surface area contributed by atoms with Gasteiger partial charge in [0.05, 0.1) is 6.10 Å². The van der Waals surface area contributed by atoms with Gasteiger partial charge in [-0.25, -0.2) is 0 Å². The van der Waals surface area contributed by atoms with Gasteiger partial charge in [-0.2, -0.15) is 0 Å². The first-order valence-electron chi connectivity index (χ1n) is 6.45. The number of hydrogen-bond acceptors (Lipinski definition) is 5. The lowest BCUT2D eigenvalue weighted by Gasteiger charge is -2.38. The highest BCUT2D eigenvalue weighted by molar-refractivity contribution is 4.88. The van der Waals surface area contributed by atoms with Gasteiger partial charge in [0.1, 0.15) is 18.3 Å². The zero-order chi connectivity index (χ0) is 12.8. The molecule has 0 spiro atoms. The van der Waals surface area contributed by atoms with Gasteiger partial charge in [-0.05, 0) is 6.42 Å². The Morgan fingerprint density at radius 3 is 2.12 bits per heavy atom. The van der Waals surface area contributed by atoms with Crippen molar-refractivity contribution in [2.24, 2.45) is 0 Å². The summed E-state index contributed by atoms with van der Waals surface area (Å²) >= 11 is 0. The van der Waals surface area contributed by atoms with Crippen molar-refractivity contribution in [1.82, 2.24) is 0 Å². The van der Waals surface area contributed by atoms with Crippen LogP contribution < -0.4 is 0 Å². The third-order valence-corrected chi connectivity index (χ3v) is 3.28. The predicted octanol–water partition coefficient (Wildman–Crippen LogP) is 0.147. The van der Waals surface area contributed by atoms with Crippen LogP contribution in [0.2, 0.25) is 0 Å². The Balaban J connectivity index is 2.28. The fourth-order valence-corrected chi connectivity index (χ4v) is 2.12. The summed E-state index contributed by atoms with van der Waals surface area (Å²) in [5.41, 5.74) is 0. The van der Waals surface area contributed by atoms with E-state index in [4.69, 9.17) is 4.74 Å². The Hall–Kier alpha value is -0.200. The van der Waals surface area contributed by atoms with Crippen molar-refractivity contribution >= 4 is 0 Å². The lowest BCUT2D eigenvalue weighted by atomic mass is 9.95. The summed E-state index contributed by atoms with van der Waals surface area (Å²) in [6.45, 7) is 2.14. The molecule has 0 unspecified atom stereocenters. The van der Waals surface area contributed by atoms with Gasteiger partial charge in [0.15, 0.2) is 6.29 Å². The maximum absolute atomic E-state index is 9.68. The van der Waals surface area contributed by atoms with Crippen LogP contribution in [0.25, 0.3) is 0 Å². The van der Waals surface area contributed by atoms with Crippen LogP contribution in [0.4, 0.5) is 0 Å². The molecule has 1 aliphatic heterocycles. The van der Waals surface area contributed by atoms with Crippen LogP contribution in [-0.2, 0) is 4.74 Å². The third-order valence-electron chi connectivity index (χ3n) is 3.28. The van der Waals surface area contributed by atoms with Crippen LogP contribution in [0.3, 0.4) is 0 Å². The molecule has 1 saturated heterocycles. The summed E-state index contributed by atoms with van der Waals surface area (Å²) in [7, 11) is 0. The smallest absolute Gasteiger partial charge is 0.183 e. The fraction of sp³-hybridized carbons (Fsp3) is 1.00. The van der Waals surface area contributed by atoms with Crippen LogP contribution in [0.15, 0.2) is 0 Å². The normalized spacial score (nSPS) is 38.3. The summed E-state index contributed by atoms with van der Waals surface area (Å²) in [5.74, 6) is 0. The predicted molar refractivity (Wildman–Crippen MR) is 62.3 cm³/mol. The van der Waals surface area contributed by atoms with E-state index >= 15 is 0 Å². The Morgan fingerprint density at radius 1 is 0.824 bits per heavy atom. The molecule has 0 aromatic carbocycles. The van der Waals surface area contributed by atoms with E-state index in [0.29, 0.717) is 6.42 Å². The van der Waals surface area contributed by atoms with Crippen LogP contribution in [0.5, 0.6) is 0 Å².